The van der Waals surface area contributed by atoms with Gasteiger partial charge >= 0.3 is 0 Å². The summed E-state index contributed by atoms with van der Waals surface area (Å²) in [7, 11) is 0. The summed E-state index contributed by atoms with van der Waals surface area (Å²) in [6.07, 6.45) is 1.76. The highest BCUT2D eigenvalue weighted by atomic mass is 16.2. The number of hydrogen-bond acceptors (Lipinski definition) is 2. The zero-order chi connectivity index (χ0) is 13.3. The normalized spacial score (nSPS) is 15.6. The van der Waals surface area contributed by atoms with E-state index in [1.807, 2.05) is 24.3 Å². The van der Waals surface area contributed by atoms with Crippen molar-refractivity contribution in [3.8, 4) is 0 Å². The standard InChI is InChI=1S/C15H15NO2/c1-4-12-5-7-13(8-6-12)9-16-14(17)10(2)11(3)15(16)18/h4-8H,1,9H2,2-3H3. The van der Waals surface area contributed by atoms with E-state index >= 15 is 0 Å². The maximum Gasteiger partial charge on any atom is 0.257 e. The predicted molar refractivity (Wildman–Crippen MR) is 70.5 cm³/mol. The molecule has 1 aliphatic rings. The van der Waals surface area contributed by atoms with Crippen molar-refractivity contribution >= 4 is 17.9 Å². The first kappa shape index (κ1) is 12.3. The highest BCUT2D eigenvalue weighted by Gasteiger charge is 2.32. The second kappa shape index (κ2) is 4.61. The molecule has 3 heteroatoms. The minimum absolute atomic E-state index is 0.190. The van der Waals surface area contributed by atoms with Gasteiger partial charge < -0.3 is 0 Å². The number of hydrogen-bond donors (Lipinski definition) is 0. The van der Waals surface area contributed by atoms with E-state index in [2.05, 4.69) is 6.58 Å². The Balaban J connectivity index is 2.18. The molecule has 0 saturated heterocycles. The van der Waals surface area contributed by atoms with Crippen LogP contribution in [-0.4, -0.2) is 16.7 Å². The first-order valence-electron chi connectivity index (χ1n) is 5.79. The molecule has 0 radical (unpaired) electrons. The minimum Gasteiger partial charge on any atom is -0.270 e. The summed E-state index contributed by atoms with van der Waals surface area (Å²) in [4.78, 5) is 25.1. The van der Waals surface area contributed by atoms with Crippen LogP contribution in [0.15, 0.2) is 42.0 Å². The van der Waals surface area contributed by atoms with Gasteiger partial charge in [-0.2, -0.15) is 0 Å². The lowest BCUT2D eigenvalue weighted by atomic mass is 10.1. The fourth-order valence-corrected chi connectivity index (χ4v) is 1.90. The molecule has 0 saturated carbocycles. The molecule has 0 unspecified atom stereocenters. The third-order valence-corrected chi connectivity index (χ3v) is 3.25. The lowest BCUT2D eigenvalue weighted by Crippen LogP contribution is -2.30. The Morgan fingerprint density at radius 3 is 2.00 bits per heavy atom. The lowest BCUT2D eigenvalue weighted by molar-refractivity contribution is -0.138. The molecule has 18 heavy (non-hydrogen) atoms. The van der Waals surface area contributed by atoms with Crippen LogP contribution in [0.1, 0.15) is 25.0 Å². The Morgan fingerprint density at radius 1 is 1.06 bits per heavy atom. The molecule has 2 rings (SSSR count). The maximum absolute atomic E-state index is 11.9. The maximum atomic E-state index is 11.9. The first-order chi connectivity index (χ1) is 8.54. The largest absolute Gasteiger partial charge is 0.270 e. The number of imide groups is 1. The van der Waals surface area contributed by atoms with Crippen LogP contribution in [0.25, 0.3) is 6.08 Å². The molecule has 1 aromatic rings. The Morgan fingerprint density at radius 2 is 1.56 bits per heavy atom. The molecular formula is C15H15NO2. The molecule has 0 atom stereocenters. The van der Waals surface area contributed by atoms with Gasteiger partial charge in [-0.3, -0.25) is 14.5 Å². The topological polar surface area (TPSA) is 37.4 Å². The summed E-state index contributed by atoms with van der Waals surface area (Å²) >= 11 is 0. The van der Waals surface area contributed by atoms with Gasteiger partial charge in [0.1, 0.15) is 0 Å². The van der Waals surface area contributed by atoms with Crippen molar-refractivity contribution in [3.05, 3.63) is 53.1 Å². The average molecular weight is 241 g/mol. The monoisotopic (exact) mass is 241 g/mol. The number of amides is 2. The molecule has 0 fully saturated rings. The van der Waals surface area contributed by atoms with Gasteiger partial charge in [0.25, 0.3) is 11.8 Å². The highest BCUT2D eigenvalue weighted by molar-refractivity contribution is 6.18. The number of carbonyl (C=O) groups is 2. The Kier molecular flexibility index (Phi) is 3.15. The van der Waals surface area contributed by atoms with Gasteiger partial charge in [0.15, 0.2) is 0 Å². The van der Waals surface area contributed by atoms with E-state index in [0.29, 0.717) is 17.7 Å². The molecule has 0 bridgehead atoms. The molecule has 0 aromatic heterocycles. The van der Waals surface area contributed by atoms with Gasteiger partial charge in [-0.05, 0) is 25.0 Å². The smallest absolute Gasteiger partial charge is 0.257 e. The van der Waals surface area contributed by atoms with E-state index in [0.717, 1.165) is 11.1 Å². The van der Waals surface area contributed by atoms with Crippen molar-refractivity contribution in [1.29, 1.82) is 0 Å². The third-order valence-electron chi connectivity index (χ3n) is 3.25. The van der Waals surface area contributed by atoms with Crippen molar-refractivity contribution < 1.29 is 9.59 Å². The Hall–Kier alpha value is -2.16. The van der Waals surface area contributed by atoms with E-state index in [-0.39, 0.29) is 11.8 Å². The van der Waals surface area contributed by atoms with Crippen LogP contribution >= 0.6 is 0 Å². The van der Waals surface area contributed by atoms with Crippen molar-refractivity contribution in [1.82, 2.24) is 4.90 Å². The summed E-state index contributed by atoms with van der Waals surface area (Å²) in [6, 6.07) is 7.64. The Bertz CT molecular complexity index is 528. The lowest BCUT2D eigenvalue weighted by Gasteiger charge is -2.14. The van der Waals surface area contributed by atoms with Crippen LogP contribution < -0.4 is 0 Å². The van der Waals surface area contributed by atoms with Gasteiger partial charge in [0, 0.05) is 11.1 Å². The molecule has 1 heterocycles. The fourth-order valence-electron chi connectivity index (χ4n) is 1.90. The van der Waals surface area contributed by atoms with E-state index in [1.165, 1.54) is 4.90 Å². The van der Waals surface area contributed by atoms with Crippen LogP contribution in [-0.2, 0) is 16.1 Å². The number of benzene rings is 1. The van der Waals surface area contributed by atoms with Gasteiger partial charge in [0.2, 0.25) is 0 Å². The van der Waals surface area contributed by atoms with E-state index in [4.69, 9.17) is 0 Å². The van der Waals surface area contributed by atoms with Gasteiger partial charge in [-0.15, -0.1) is 0 Å². The highest BCUT2D eigenvalue weighted by Crippen LogP contribution is 2.22. The Labute approximate surface area is 106 Å². The summed E-state index contributed by atoms with van der Waals surface area (Å²) in [5.74, 6) is -0.379. The number of nitrogens with zero attached hydrogens (tertiary/aromatic N) is 1. The molecule has 0 aliphatic carbocycles. The molecule has 2 amide bonds. The quantitative estimate of drug-likeness (QED) is 0.763. The molecule has 0 N–H and O–H groups in total. The van der Waals surface area contributed by atoms with E-state index < -0.39 is 0 Å². The van der Waals surface area contributed by atoms with Crippen LogP contribution in [0.3, 0.4) is 0 Å². The average Bonchev–Trinajstić information content (AvgIpc) is 2.57. The first-order valence-corrected chi connectivity index (χ1v) is 5.79. The van der Waals surface area contributed by atoms with Crippen LogP contribution in [0.4, 0.5) is 0 Å². The van der Waals surface area contributed by atoms with Gasteiger partial charge in [-0.1, -0.05) is 36.9 Å². The van der Waals surface area contributed by atoms with Crippen LogP contribution in [0.2, 0.25) is 0 Å². The fraction of sp³-hybridized carbons (Fsp3) is 0.200. The SMILES string of the molecule is C=Cc1ccc(CN2C(=O)C(C)=C(C)C2=O)cc1. The van der Waals surface area contributed by atoms with Crippen molar-refractivity contribution in [2.45, 2.75) is 20.4 Å². The molecule has 1 aliphatic heterocycles. The number of rotatable bonds is 3. The minimum atomic E-state index is -0.190. The van der Waals surface area contributed by atoms with Crippen molar-refractivity contribution in [3.63, 3.8) is 0 Å². The van der Waals surface area contributed by atoms with Gasteiger partial charge in [0.05, 0.1) is 6.54 Å². The van der Waals surface area contributed by atoms with Crippen molar-refractivity contribution in [2.24, 2.45) is 0 Å². The van der Waals surface area contributed by atoms with Gasteiger partial charge in [-0.25, -0.2) is 0 Å². The summed E-state index contributed by atoms with van der Waals surface area (Å²) in [5.41, 5.74) is 3.04. The second-order valence-corrected chi connectivity index (χ2v) is 4.39. The molecule has 3 nitrogen and oxygen atoms in total. The predicted octanol–water partition coefficient (Wildman–Crippen LogP) is 2.53. The molecule has 0 spiro atoms. The van der Waals surface area contributed by atoms with E-state index in [1.54, 1.807) is 19.9 Å². The van der Waals surface area contributed by atoms with Crippen LogP contribution in [0, 0.1) is 0 Å². The zero-order valence-corrected chi connectivity index (χ0v) is 10.6. The second-order valence-electron chi connectivity index (χ2n) is 4.39. The third kappa shape index (κ3) is 1.99. The van der Waals surface area contributed by atoms with Crippen LogP contribution in [0.5, 0.6) is 0 Å². The zero-order valence-electron chi connectivity index (χ0n) is 10.6. The molecule has 92 valence electrons. The van der Waals surface area contributed by atoms with Crippen molar-refractivity contribution in [2.75, 3.05) is 0 Å². The summed E-state index contributed by atoms with van der Waals surface area (Å²) in [6.45, 7) is 7.39. The molecular weight excluding hydrogens is 226 g/mol. The summed E-state index contributed by atoms with van der Waals surface area (Å²) in [5, 5.41) is 0. The number of carbonyl (C=O) groups excluding carboxylic acids is 2. The molecule has 1 aromatic carbocycles. The van der Waals surface area contributed by atoms with E-state index in [9.17, 15) is 9.59 Å². The summed E-state index contributed by atoms with van der Waals surface area (Å²) < 4.78 is 0.